The largest absolute Gasteiger partial charge is 0.492 e. The number of alkyl halides is 3. The Kier molecular flexibility index (Phi) is 5.62. The molecule has 6 nitrogen and oxygen atoms in total. The highest BCUT2D eigenvalue weighted by Crippen LogP contribution is 2.39. The minimum atomic E-state index is -4.44. The number of hydrogen-bond acceptors (Lipinski definition) is 4. The summed E-state index contributed by atoms with van der Waals surface area (Å²) in [5, 5.41) is 9.04. The predicted molar refractivity (Wildman–Crippen MR) is 120 cm³/mol. The number of anilines is 1. The van der Waals surface area contributed by atoms with E-state index in [0.717, 1.165) is 28.8 Å². The lowest BCUT2D eigenvalue weighted by Gasteiger charge is -2.17. The van der Waals surface area contributed by atoms with Gasteiger partial charge in [-0.3, -0.25) is 9.59 Å². The van der Waals surface area contributed by atoms with E-state index in [1.54, 1.807) is 30.3 Å². The third-order valence-corrected chi connectivity index (χ3v) is 6.25. The number of carboxylic acids is 1. The van der Waals surface area contributed by atoms with Gasteiger partial charge >= 0.3 is 12.1 Å². The Labute approximate surface area is 198 Å². The molecule has 0 radical (unpaired) electrons. The van der Waals surface area contributed by atoms with E-state index >= 15 is 0 Å². The zero-order valence-corrected chi connectivity index (χ0v) is 18.3. The molecular formula is C26H20F3NO5. The van der Waals surface area contributed by atoms with Gasteiger partial charge in [0.25, 0.3) is 5.91 Å². The summed E-state index contributed by atoms with van der Waals surface area (Å²) in [7, 11) is 0. The van der Waals surface area contributed by atoms with Gasteiger partial charge in [0.05, 0.1) is 25.1 Å². The standard InChI is InChI=1S/C26H20F3NO5/c27-26(28,29)17-4-6-18(7-5-17)30-12-22-15(2-1-3-21(22)25(30)33)13-34-19-8-9-20-16(10-24(31)32)14-35-23(20)11-19/h1-9,11,16H,10,12-14H2,(H,31,32). The summed E-state index contributed by atoms with van der Waals surface area (Å²) >= 11 is 0. The van der Waals surface area contributed by atoms with Crippen LogP contribution in [-0.2, 0) is 24.1 Å². The Balaban J connectivity index is 1.31. The maximum absolute atomic E-state index is 12.9. The fourth-order valence-corrected chi connectivity index (χ4v) is 4.46. The van der Waals surface area contributed by atoms with Crippen LogP contribution in [-0.4, -0.2) is 23.6 Å². The molecule has 3 aromatic carbocycles. The summed E-state index contributed by atoms with van der Waals surface area (Å²) in [6, 6.07) is 15.1. The first kappa shape index (κ1) is 22.8. The number of hydrogen-bond donors (Lipinski definition) is 1. The van der Waals surface area contributed by atoms with Crippen LogP contribution in [0.25, 0.3) is 0 Å². The molecule has 35 heavy (non-hydrogen) atoms. The second-order valence-corrected chi connectivity index (χ2v) is 8.47. The molecule has 0 saturated heterocycles. The van der Waals surface area contributed by atoms with Crippen molar-refractivity contribution in [2.45, 2.75) is 31.7 Å². The second-order valence-electron chi connectivity index (χ2n) is 8.47. The van der Waals surface area contributed by atoms with Crippen molar-refractivity contribution in [3.8, 4) is 11.5 Å². The molecule has 0 spiro atoms. The van der Waals surface area contributed by atoms with Crippen LogP contribution >= 0.6 is 0 Å². The van der Waals surface area contributed by atoms with Crippen LogP contribution < -0.4 is 14.4 Å². The third-order valence-electron chi connectivity index (χ3n) is 6.25. The minimum absolute atomic E-state index is 0.00713. The Morgan fingerprint density at radius 1 is 1.11 bits per heavy atom. The summed E-state index contributed by atoms with van der Waals surface area (Å²) in [6.45, 7) is 0.705. The first-order chi connectivity index (χ1) is 16.7. The molecule has 5 rings (SSSR count). The molecule has 2 heterocycles. The average molecular weight is 483 g/mol. The van der Waals surface area contributed by atoms with Crippen molar-refractivity contribution in [2.75, 3.05) is 11.5 Å². The predicted octanol–water partition coefficient (Wildman–Crippen LogP) is 5.40. The van der Waals surface area contributed by atoms with Crippen LogP contribution in [0.4, 0.5) is 18.9 Å². The second kappa shape index (κ2) is 8.65. The van der Waals surface area contributed by atoms with Crippen molar-refractivity contribution >= 4 is 17.6 Å². The maximum Gasteiger partial charge on any atom is 0.416 e. The highest BCUT2D eigenvalue weighted by molar-refractivity contribution is 6.10. The molecule has 0 aliphatic carbocycles. The fourth-order valence-electron chi connectivity index (χ4n) is 4.46. The maximum atomic E-state index is 12.9. The lowest BCUT2D eigenvalue weighted by molar-refractivity contribution is -0.138. The number of aliphatic carboxylic acids is 1. The molecule has 1 N–H and O–H groups in total. The average Bonchev–Trinajstić information content (AvgIpc) is 3.37. The summed E-state index contributed by atoms with van der Waals surface area (Å²) in [4.78, 5) is 25.4. The Morgan fingerprint density at radius 2 is 1.89 bits per heavy atom. The zero-order chi connectivity index (χ0) is 24.7. The number of halogens is 3. The van der Waals surface area contributed by atoms with Crippen molar-refractivity contribution < 1.29 is 37.3 Å². The van der Waals surface area contributed by atoms with Gasteiger partial charge in [0, 0.05) is 28.8 Å². The third kappa shape index (κ3) is 4.41. The Hall–Kier alpha value is -4.01. The van der Waals surface area contributed by atoms with Gasteiger partial charge in [-0.15, -0.1) is 0 Å². The number of carbonyl (C=O) groups excluding carboxylic acids is 1. The van der Waals surface area contributed by atoms with E-state index in [9.17, 15) is 22.8 Å². The summed E-state index contributed by atoms with van der Waals surface area (Å²) < 4.78 is 50.2. The van der Waals surface area contributed by atoms with Crippen molar-refractivity contribution in [3.63, 3.8) is 0 Å². The molecule has 2 aliphatic rings. The molecule has 0 fully saturated rings. The zero-order valence-electron chi connectivity index (χ0n) is 18.3. The molecule has 1 amide bonds. The van der Waals surface area contributed by atoms with E-state index in [2.05, 4.69) is 0 Å². The summed E-state index contributed by atoms with van der Waals surface area (Å²) in [5.74, 6) is -0.227. The fraction of sp³-hybridized carbons (Fsp3) is 0.231. The van der Waals surface area contributed by atoms with Crippen LogP contribution in [0.3, 0.4) is 0 Å². The van der Waals surface area contributed by atoms with E-state index in [-0.39, 0.29) is 31.4 Å². The molecule has 3 aromatic rings. The molecule has 0 aromatic heterocycles. The topological polar surface area (TPSA) is 76.1 Å². The lowest BCUT2D eigenvalue weighted by atomic mass is 9.98. The molecule has 2 aliphatic heterocycles. The molecule has 0 bridgehead atoms. The Bertz CT molecular complexity index is 1300. The smallest absolute Gasteiger partial charge is 0.416 e. The van der Waals surface area contributed by atoms with Gasteiger partial charge in [0.2, 0.25) is 0 Å². The van der Waals surface area contributed by atoms with Gasteiger partial charge in [-0.25, -0.2) is 0 Å². The number of carboxylic acid groups (broad SMARTS) is 1. The Morgan fingerprint density at radius 3 is 2.60 bits per heavy atom. The molecule has 180 valence electrons. The lowest BCUT2D eigenvalue weighted by Crippen LogP contribution is -2.23. The molecule has 9 heteroatoms. The normalized spacial score (nSPS) is 16.6. The molecule has 1 unspecified atom stereocenters. The number of ether oxygens (including phenoxy) is 2. The van der Waals surface area contributed by atoms with Crippen molar-refractivity contribution in [3.05, 3.63) is 88.5 Å². The van der Waals surface area contributed by atoms with Crippen LogP contribution in [0.2, 0.25) is 0 Å². The first-order valence-corrected chi connectivity index (χ1v) is 10.9. The van der Waals surface area contributed by atoms with Crippen LogP contribution in [0.15, 0.2) is 60.7 Å². The molecular weight excluding hydrogens is 463 g/mol. The van der Waals surface area contributed by atoms with Crippen LogP contribution in [0.1, 0.15) is 45.0 Å². The SMILES string of the molecule is O=C(O)CC1COc2cc(OCc3cccc4c3CN(c3ccc(C(F)(F)F)cc3)C4=O)ccc21. The minimum Gasteiger partial charge on any atom is -0.492 e. The van der Waals surface area contributed by atoms with Crippen molar-refractivity contribution in [1.82, 2.24) is 0 Å². The number of carbonyl (C=O) groups is 2. The summed E-state index contributed by atoms with van der Waals surface area (Å²) in [6.07, 6.45) is -4.45. The number of rotatable bonds is 6. The molecule has 0 saturated carbocycles. The quantitative estimate of drug-likeness (QED) is 0.509. The van der Waals surface area contributed by atoms with Gasteiger partial charge in [0.15, 0.2) is 0 Å². The number of benzene rings is 3. The van der Waals surface area contributed by atoms with Gasteiger partial charge in [-0.1, -0.05) is 18.2 Å². The molecule has 1 atom stereocenters. The van der Waals surface area contributed by atoms with Gasteiger partial charge in [0.1, 0.15) is 18.1 Å². The van der Waals surface area contributed by atoms with Gasteiger partial charge < -0.3 is 19.5 Å². The van der Waals surface area contributed by atoms with Gasteiger partial charge in [-0.2, -0.15) is 13.2 Å². The van der Waals surface area contributed by atoms with E-state index in [4.69, 9.17) is 14.6 Å². The van der Waals surface area contributed by atoms with E-state index in [1.807, 2.05) is 6.07 Å². The number of fused-ring (bicyclic) bond motifs is 2. The highest BCUT2D eigenvalue weighted by Gasteiger charge is 2.33. The van der Waals surface area contributed by atoms with Gasteiger partial charge in [-0.05, 0) is 47.5 Å². The van der Waals surface area contributed by atoms with Crippen LogP contribution in [0, 0.1) is 0 Å². The van der Waals surface area contributed by atoms with Crippen molar-refractivity contribution in [2.24, 2.45) is 0 Å². The van der Waals surface area contributed by atoms with E-state index < -0.39 is 17.7 Å². The van der Waals surface area contributed by atoms with Crippen LogP contribution in [0.5, 0.6) is 11.5 Å². The van der Waals surface area contributed by atoms with E-state index in [1.165, 1.54) is 17.0 Å². The monoisotopic (exact) mass is 483 g/mol. The number of amides is 1. The van der Waals surface area contributed by atoms with E-state index in [0.29, 0.717) is 29.4 Å². The highest BCUT2D eigenvalue weighted by atomic mass is 19.4. The van der Waals surface area contributed by atoms with Crippen molar-refractivity contribution in [1.29, 1.82) is 0 Å². The summed E-state index contributed by atoms with van der Waals surface area (Å²) in [5.41, 5.74) is 2.48. The number of nitrogens with zero attached hydrogens (tertiary/aromatic N) is 1. The first-order valence-electron chi connectivity index (χ1n) is 10.9.